The average molecular weight is 259 g/mol. The van der Waals surface area contributed by atoms with Crippen molar-refractivity contribution in [2.45, 2.75) is 50.6 Å². The lowest BCUT2D eigenvalue weighted by atomic mass is 9.87. The summed E-state index contributed by atoms with van der Waals surface area (Å²) in [6.07, 6.45) is 7.67. The molecule has 2 saturated heterocycles. The number of nitrogen functional groups attached to an aromatic ring is 1. The Labute approximate surface area is 113 Å². The number of Topliss-reactive ketones (excluding diaryl/α,β-unsaturated/α-hetero) is 1. The van der Waals surface area contributed by atoms with Crippen LogP contribution in [0.1, 0.15) is 37.7 Å². The fraction of sp³-hybridized carbons (Fsp3) is 0.600. The first kappa shape index (κ1) is 12.6. The van der Waals surface area contributed by atoms with Crippen molar-refractivity contribution >= 4 is 11.6 Å². The third kappa shape index (κ3) is 2.95. The van der Waals surface area contributed by atoms with Gasteiger partial charge in [-0.05, 0) is 37.7 Å². The zero-order valence-electron chi connectivity index (χ0n) is 11.1. The minimum absolute atomic E-state index is 0.297. The molecule has 102 valence electrons. The van der Waals surface area contributed by atoms with Crippen molar-refractivity contribution in [1.82, 2.24) is 10.3 Å². The summed E-state index contributed by atoms with van der Waals surface area (Å²) in [7, 11) is 0. The van der Waals surface area contributed by atoms with Gasteiger partial charge in [-0.15, -0.1) is 0 Å². The summed E-state index contributed by atoms with van der Waals surface area (Å²) in [5.41, 5.74) is 6.65. The van der Waals surface area contributed by atoms with Crippen molar-refractivity contribution in [3.63, 3.8) is 0 Å². The van der Waals surface area contributed by atoms with Crippen molar-refractivity contribution < 1.29 is 4.79 Å². The van der Waals surface area contributed by atoms with Crippen LogP contribution in [0.3, 0.4) is 0 Å². The molecule has 2 bridgehead atoms. The van der Waals surface area contributed by atoms with Crippen LogP contribution in [0.2, 0.25) is 0 Å². The summed E-state index contributed by atoms with van der Waals surface area (Å²) < 4.78 is 0. The van der Waals surface area contributed by atoms with Gasteiger partial charge in [-0.2, -0.15) is 0 Å². The van der Waals surface area contributed by atoms with E-state index >= 15 is 0 Å². The molecule has 3 heterocycles. The van der Waals surface area contributed by atoms with Crippen molar-refractivity contribution in [2.24, 2.45) is 5.92 Å². The molecule has 0 saturated carbocycles. The minimum atomic E-state index is 0.297. The number of fused-ring (bicyclic) bond motifs is 2. The minimum Gasteiger partial charge on any atom is -0.383 e. The van der Waals surface area contributed by atoms with Crippen LogP contribution in [0.25, 0.3) is 0 Å². The number of ketones is 1. The smallest absolute Gasteiger partial charge is 0.137 e. The van der Waals surface area contributed by atoms with E-state index in [0.29, 0.717) is 42.4 Å². The van der Waals surface area contributed by atoms with Crippen LogP contribution in [0.5, 0.6) is 0 Å². The van der Waals surface area contributed by atoms with Crippen LogP contribution in [0.4, 0.5) is 5.82 Å². The van der Waals surface area contributed by atoms with Gasteiger partial charge in [-0.3, -0.25) is 4.79 Å². The summed E-state index contributed by atoms with van der Waals surface area (Å²) in [5, 5.41) is 3.61. The van der Waals surface area contributed by atoms with Gasteiger partial charge >= 0.3 is 0 Å². The van der Waals surface area contributed by atoms with E-state index in [4.69, 9.17) is 5.73 Å². The van der Waals surface area contributed by atoms with Gasteiger partial charge < -0.3 is 11.1 Å². The number of carbonyl (C=O) groups is 1. The third-order valence-corrected chi connectivity index (χ3v) is 4.40. The highest BCUT2D eigenvalue weighted by Gasteiger charge is 2.34. The average Bonchev–Trinajstić information content (AvgIpc) is 2.72. The highest BCUT2D eigenvalue weighted by molar-refractivity contribution is 5.82. The molecule has 3 rings (SSSR count). The van der Waals surface area contributed by atoms with Crippen LogP contribution >= 0.6 is 0 Å². The Morgan fingerprint density at radius 3 is 2.79 bits per heavy atom. The van der Waals surface area contributed by atoms with Crippen molar-refractivity contribution in [1.29, 1.82) is 0 Å². The number of anilines is 1. The van der Waals surface area contributed by atoms with Crippen molar-refractivity contribution in [3.8, 4) is 0 Å². The second-order valence-electron chi connectivity index (χ2n) is 5.94. The van der Waals surface area contributed by atoms with Gasteiger partial charge in [0.1, 0.15) is 11.6 Å². The first-order chi connectivity index (χ1) is 9.20. The summed E-state index contributed by atoms with van der Waals surface area (Å²) >= 11 is 0. The van der Waals surface area contributed by atoms with Gasteiger partial charge in [0.2, 0.25) is 0 Å². The number of carbonyl (C=O) groups excluding carboxylic acids is 1. The van der Waals surface area contributed by atoms with Crippen LogP contribution in [-0.2, 0) is 11.2 Å². The molecule has 4 heteroatoms. The zero-order valence-corrected chi connectivity index (χ0v) is 11.1. The number of aromatic nitrogens is 1. The molecular weight excluding hydrogens is 238 g/mol. The zero-order chi connectivity index (χ0) is 13.2. The summed E-state index contributed by atoms with van der Waals surface area (Å²) in [6, 6.07) is 5.04. The van der Waals surface area contributed by atoms with E-state index in [1.807, 2.05) is 12.1 Å². The molecule has 1 aromatic heterocycles. The normalized spacial score (nSPS) is 29.4. The Bertz CT molecular complexity index is 462. The van der Waals surface area contributed by atoms with E-state index in [0.717, 1.165) is 18.4 Å². The highest BCUT2D eigenvalue weighted by atomic mass is 16.1. The number of nitrogens with two attached hydrogens (primary N) is 1. The Kier molecular flexibility index (Phi) is 3.51. The number of hydrogen-bond acceptors (Lipinski definition) is 4. The first-order valence-electron chi connectivity index (χ1n) is 7.18. The van der Waals surface area contributed by atoms with Crippen LogP contribution in [-0.4, -0.2) is 22.9 Å². The standard InChI is InChI=1S/C15H21N3O/c16-15-11(2-1-5-17-15)9-14(19)8-10-6-12-3-4-13(7-10)18-12/h1-2,5,10,12-13,18H,3-4,6-9H2,(H2,16,17). The molecule has 0 spiro atoms. The van der Waals surface area contributed by atoms with Crippen molar-refractivity contribution in [3.05, 3.63) is 23.9 Å². The third-order valence-electron chi connectivity index (χ3n) is 4.40. The molecule has 0 amide bonds. The maximum absolute atomic E-state index is 12.2. The Hall–Kier alpha value is -1.42. The van der Waals surface area contributed by atoms with Gasteiger partial charge in [0, 0.05) is 36.7 Å². The maximum Gasteiger partial charge on any atom is 0.137 e. The van der Waals surface area contributed by atoms with E-state index < -0.39 is 0 Å². The lowest BCUT2D eigenvalue weighted by molar-refractivity contribution is -0.119. The molecule has 2 atom stereocenters. The van der Waals surface area contributed by atoms with E-state index in [-0.39, 0.29) is 0 Å². The number of piperidine rings is 1. The fourth-order valence-electron chi connectivity index (χ4n) is 3.55. The van der Waals surface area contributed by atoms with Crippen LogP contribution in [0, 0.1) is 5.92 Å². The Balaban J connectivity index is 1.56. The number of nitrogens with one attached hydrogen (secondary N) is 1. The lowest BCUT2D eigenvalue weighted by Gasteiger charge is -2.28. The molecule has 1 aromatic rings. The largest absolute Gasteiger partial charge is 0.383 e. The van der Waals surface area contributed by atoms with Gasteiger partial charge in [-0.25, -0.2) is 4.98 Å². The molecule has 4 nitrogen and oxygen atoms in total. The van der Waals surface area contributed by atoms with Gasteiger partial charge in [0.15, 0.2) is 0 Å². The highest BCUT2D eigenvalue weighted by Crippen LogP contribution is 2.33. The maximum atomic E-state index is 12.2. The summed E-state index contributed by atoms with van der Waals surface area (Å²) in [6.45, 7) is 0. The van der Waals surface area contributed by atoms with E-state index in [1.54, 1.807) is 6.20 Å². The molecule has 2 unspecified atom stereocenters. The van der Waals surface area contributed by atoms with Gasteiger partial charge in [0.05, 0.1) is 0 Å². The molecular formula is C15H21N3O. The SMILES string of the molecule is Nc1ncccc1CC(=O)CC1CC2CCC(C1)N2. The molecule has 2 aliphatic heterocycles. The molecule has 0 radical (unpaired) electrons. The Morgan fingerprint density at radius 2 is 2.11 bits per heavy atom. The molecule has 2 aliphatic rings. The topological polar surface area (TPSA) is 68.0 Å². The summed E-state index contributed by atoms with van der Waals surface area (Å²) in [5.74, 6) is 1.34. The van der Waals surface area contributed by atoms with Crippen molar-refractivity contribution in [2.75, 3.05) is 5.73 Å². The van der Waals surface area contributed by atoms with Crippen LogP contribution in [0.15, 0.2) is 18.3 Å². The molecule has 3 N–H and O–H groups in total. The number of pyridine rings is 1. The fourth-order valence-corrected chi connectivity index (χ4v) is 3.55. The Morgan fingerprint density at radius 1 is 1.37 bits per heavy atom. The van der Waals surface area contributed by atoms with E-state index in [1.165, 1.54) is 12.8 Å². The first-order valence-corrected chi connectivity index (χ1v) is 7.18. The molecule has 2 fully saturated rings. The quantitative estimate of drug-likeness (QED) is 0.863. The second-order valence-corrected chi connectivity index (χ2v) is 5.94. The predicted octanol–water partition coefficient (Wildman–Crippen LogP) is 1.70. The van der Waals surface area contributed by atoms with Gasteiger partial charge in [-0.1, -0.05) is 6.07 Å². The number of hydrogen-bond donors (Lipinski definition) is 2. The predicted molar refractivity (Wildman–Crippen MR) is 74.6 cm³/mol. The van der Waals surface area contributed by atoms with E-state index in [9.17, 15) is 4.79 Å². The van der Waals surface area contributed by atoms with E-state index in [2.05, 4.69) is 10.3 Å². The molecule has 0 aliphatic carbocycles. The molecule has 19 heavy (non-hydrogen) atoms. The second kappa shape index (κ2) is 5.29. The number of rotatable bonds is 4. The van der Waals surface area contributed by atoms with Crippen LogP contribution < -0.4 is 11.1 Å². The summed E-state index contributed by atoms with van der Waals surface area (Å²) in [4.78, 5) is 16.2. The lowest BCUT2D eigenvalue weighted by Crippen LogP contribution is -2.38. The monoisotopic (exact) mass is 259 g/mol. The number of nitrogens with zero attached hydrogens (tertiary/aromatic N) is 1. The van der Waals surface area contributed by atoms with Gasteiger partial charge in [0.25, 0.3) is 0 Å². The molecule has 0 aromatic carbocycles.